The lowest BCUT2D eigenvalue weighted by atomic mass is 10.1. The highest BCUT2D eigenvalue weighted by Gasteiger charge is 2.32. The zero-order valence-electron chi connectivity index (χ0n) is 15.1. The van der Waals surface area contributed by atoms with Gasteiger partial charge in [-0.2, -0.15) is 0 Å². The number of benzene rings is 1. The van der Waals surface area contributed by atoms with Crippen LogP contribution >= 0.6 is 0 Å². The molecule has 1 aromatic rings. The highest BCUT2D eigenvalue weighted by atomic mass is 16.6. The second kappa shape index (κ2) is 7.23. The Bertz CT molecular complexity index is 696. The van der Waals surface area contributed by atoms with Crippen LogP contribution < -0.4 is 4.90 Å². The summed E-state index contributed by atoms with van der Waals surface area (Å²) in [6, 6.07) is 5.60. The zero-order valence-corrected chi connectivity index (χ0v) is 15.1. The highest BCUT2D eigenvalue weighted by Crippen LogP contribution is 2.30. The Labute approximate surface area is 153 Å². The Hall–Kier alpha value is -2.15. The maximum Gasteiger partial charge on any atom is 0.282 e. The summed E-state index contributed by atoms with van der Waals surface area (Å²) in [7, 11) is 0. The van der Waals surface area contributed by atoms with Crippen LogP contribution in [0.4, 0.5) is 11.4 Å². The number of nitrogens with zero attached hydrogens (tertiary/aromatic N) is 4. The topological polar surface area (TPSA) is 69.9 Å². The molecule has 0 N–H and O–H groups in total. The molecule has 1 aromatic carbocycles. The second-order valence-corrected chi connectivity index (χ2v) is 7.59. The van der Waals surface area contributed by atoms with Crippen LogP contribution in [0.15, 0.2) is 18.2 Å². The van der Waals surface area contributed by atoms with Gasteiger partial charge in [0.05, 0.1) is 4.92 Å². The third kappa shape index (κ3) is 3.28. The summed E-state index contributed by atoms with van der Waals surface area (Å²) in [5, 5.41) is 11.4. The van der Waals surface area contributed by atoms with E-state index in [1.807, 2.05) is 0 Å². The van der Waals surface area contributed by atoms with Crippen molar-refractivity contribution in [2.24, 2.45) is 0 Å². The van der Waals surface area contributed by atoms with Crippen molar-refractivity contribution >= 4 is 17.3 Å². The molecule has 3 heterocycles. The lowest BCUT2D eigenvalue weighted by Gasteiger charge is -2.25. The Morgan fingerprint density at radius 3 is 2.42 bits per heavy atom. The molecule has 0 radical (unpaired) electrons. The number of carbonyl (C=O) groups excluding carboxylic acids is 1. The number of carbonyl (C=O) groups is 1. The fourth-order valence-electron chi connectivity index (χ4n) is 4.52. The number of hydrogen-bond donors (Lipinski definition) is 0. The summed E-state index contributed by atoms with van der Waals surface area (Å²) in [4.78, 5) is 30.3. The van der Waals surface area contributed by atoms with Gasteiger partial charge in [0.2, 0.25) is 0 Å². The summed E-state index contributed by atoms with van der Waals surface area (Å²) >= 11 is 0. The van der Waals surface area contributed by atoms with Gasteiger partial charge in [-0.3, -0.25) is 19.8 Å². The van der Waals surface area contributed by atoms with Crippen molar-refractivity contribution in [1.82, 2.24) is 9.80 Å². The monoisotopic (exact) mass is 358 g/mol. The molecular weight excluding hydrogens is 332 g/mol. The van der Waals surface area contributed by atoms with Crippen molar-refractivity contribution in [3.63, 3.8) is 0 Å². The molecule has 4 rings (SSSR count). The van der Waals surface area contributed by atoms with E-state index in [1.165, 1.54) is 32.0 Å². The van der Waals surface area contributed by atoms with E-state index in [2.05, 4.69) is 9.80 Å². The van der Waals surface area contributed by atoms with Gasteiger partial charge in [0.1, 0.15) is 5.56 Å². The van der Waals surface area contributed by atoms with Gasteiger partial charge in [0.25, 0.3) is 11.6 Å². The van der Waals surface area contributed by atoms with Gasteiger partial charge >= 0.3 is 0 Å². The van der Waals surface area contributed by atoms with Gasteiger partial charge in [-0.05, 0) is 57.3 Å². The van der Waals surface area contributed by atoms with Crippen molar-refractivity contribution in [2.45, 2.75) is 38.1 Å². The minimum atomic E-state index is -0.440. The first-order chi connectivity index (χ1) is 12.6. The maximum atomic E-state index is 12.8. The molecule has 3 aliphatic heterocycles. The largest absolute Gasteiger partial charge is 0.370 e. The number of hydrogen-bond acceptors (Lipinski definition) is 5. The van der Waals surface area contributed by atoms with Gasteiger partial charge in [-0.15, -0.1) is 0 Å². The second-order valence-electron chi connectivity index (χ2n) is 7.59. The number of likely N-dealkylation sites (tertiary alicyclic amines) is 2. The lowest BCUT2D eigenvalue weighted by molar-refractivity contribution is -0.385. The number of amides is 1. The van der Waals surface area contributed by atoms with E-state index in [4.69, 9.17) is 0 Å². The van der Waals surface area contributed by atoms with Crippen molar-refractivity contribution in [3.8, 4) is 0 Å². The molecule has 140 valence electrons. The number of nitro benzene ring substituents is 1. The van der Waals surface area contributed by atoms with Crippen molar-refractivity contribution < 1.29 is 9.72 Å². The molecule has 0 aromatic heterocycles. The molecule has 0 aliphatic carbocycles. The van der Waals surface area contributed by atoms with Crippen LogP contribution in [-0.4, -0.2) is 65.9 Å². The van der Waals surface area contributed by atoms with Crippen LogP contribution in [0.5, 0.6) is 0 Å². The van der Waals surface area contributed by atoms with Crippen molar-refractivity contribution in [1.29, 1.82) is 0 Å². The minimum Gasteiger partial charge on any atom is -0.370 e. The first-order valence-corrected chi connectivity index (χ1v) is 9.70. The molecule has 3 fully saturated rings. The summed E-state index contributed by atoms with van der Waals surface area (Å²) in [5.74, 6) is -0.202. The van der Waals surface area contributed by atoms with Crippen LogP contribution in [0, 0.1) is 10.1 Å². The van der Waals surface area contributed by atoms with E-state index in [9.17, 15) is 14.9 Å². The van der Waals surface area contributed by atoms with Crippen molar-refractivity contribution in [2.75, 3.05) is 44.2 Å². The van der Waals surface area contributed by atoms with Crippen molar-refractivity contribution in [3.05, 3.63) is 33.9 Å². The molecule has 7 nitrogen and oxygen atoms in total. The molecule has 0 spiro atoms. The first kappa shape index (κ1) is 17.3. The van der Waals surface area contributed by atoms with Gasteiger partial charge in [-0.1, -0.05) is 0 Å². The average Bonchev–Trinajstić information content (AvgIpc) is 3.42. The van der Waals surface area contributed by atoms with Gasteiger partial charge in [0, 0.05) is 44.0 Å². The molecule has 7 heteroatoms. The van der Waals surface area contributed by atoms with Gasteiger partial charge < -0.3 is 9.80 Å². The molecule has 0 saturated carbocycles. The number of rotatable bonds is 4. The van der Waals surface area contributed by atoms with E-state index in [1.54, 1.807) is 17.0 Å². The fraction of sp³-hybridized carbons (Fsp3) is 0.632. The molecule has 1 atom stereocenters. The Morgan fingerprint density at radius 1 is 1.04 bits per heavy atom. The Balaban J connectivity index is 1.56. The first-order valence-electron chi connectivity index (χ1n) is 9.70. The molecule has 3 saturated heterocycles. The smallest absolute Gasteiger partial charge is 0.282 e. The summed E-state index contributed by atoms with van der Waals surface area (Å²) in [5.41, 5.74) is 1.08. The molecule has 1 unspecified atom stereocenters. The lowest BCUT2D eigenvalue weighted by Crippen LogP contribution is -2.35. The number of anilines is 1. The van der Waals surface area contributed by atoms with Crippen LogP contribution in [0.25, 0.3) is 0 Å². The van der Waals surface area contributed by atoms with E-state index in [0.29, 0.717) is 19.1 Å². The predicted octanol–water partition coefficient (Wildman–Crippen LogP) is 2.51. The minimum absolute atomic E-state index is 0.0825. The molecular formula is C19H26N4O3. The summed E-state index contributed by atoms with van der Waals surface area (Å²) < 4.78 is 0. The SMILES string of the molecule is O=C(c1cc(N2CCC(N3CCCC3)C2)ccc1[N+](=O)[O-])N1CCCC1. The van der Waals surface area contributed by atoms with E-state index in [-0.39, 0.29) is 17.2 Å². The summed E-state index contributed by atoms with van der Waals surface area (Å²) in [6.07, 6.45) is 5.63. The standard InChI is InChI=1S/C19H26N4O3/c24-19(21-10-3-4-11-21)17-13-15(5-6-18(17)23(25)26)22-12-7-16(14-22)20-8-1-2-9-20/h5-6,13,16H,1-4,7-12,14H2. The maximum absolute atomic E-state index is 12.8. The predicted molar refractivity (Wildman–Crippen MR) is 99.7 cm³/mol. The number of nitro groups is 1. The quantitative estimate of drug-likeness (QED) is 0.611. The van der Waals surface area contributed by atoms with E-state index >= 15 is 0 Å². The Morgan fingerprint density at radius 2 is 1.73 bits per heavy atom. The van der Waals surface area contributed by atoms with Crippen LogP contribution in [0.2, 0.25) is 0 Å². The molecule has 3 aliphatic rings. The zero-order chi connectivity index (χ0) is 18.1. The average molecular weight is 358 g/mol. The molecule has 0 bridgehead atoms. The Kier molecular flexibility index (Phi) is 4.80. The van der Waals surface area contributed by atoms with Crippen LogP contribution in [0.3, 0.4) is 0 Å². The van der Waals surface area contributed by atoms with Crippen LogP contribution in [-0.2, 0) is 0 Å². The normalized spacial score (nSPS) is 23.8. The van der Waals surface area contributed by atoms with Crippen LogP contribution in [0.1, 0.15) is 42.5 Å². The summed E-state index contributed by atoms with van der Waals surface area (Å²) in [6.45, 7) is 5.63. The molecule has 1 amide bonds. The van der Waals surface area contributed by atoms with Gasteiger partial charge in [0.15, 0.2) is 0 Å². The van der Waals surface area contributed by atoms with Gasteiger partial charge in [-0.25, -0.2) is 0 Å². The molecule has 26 heavy (non-hydrogen) atoms. The highest BCUT2D eigenvalue weighted by molar-refractivity contribution is 5.99. The third-order valence-electron chi connectivity index (χ3n) is 5.99. The third-order valence-corrected chi connectivity index (χ3v) is 5.99. The van der Waals surface area contributed by atoms with E-state index in [0.717, 1.165) is 38.0 Å². The van der Waals surface area contributed by atoms with E-state index < -0.39 is 4.92 Å². The fourth-order valence-corrected chi connectivity index (χ4v) is 4.52.